The molecule has 5 nitrogen and oxygen atoms in total. The lowest BCUT2D eigenvalue weighted by Crippen LogP contribution is -2.61. The second kappa shape index (κ2) is 5.97. The summed E-state index contributed by atoms with van der Waals surface area (Å²) in [5, 5.41) is 8.15. The first-order valence-corrected chi connectivity index (χ1v) is 8.18. The molecule has 2 heterocycles. The third kappa shape index (κ3) is 2.69. The van der Waals surface area contributed by atoms with Gasteiger partial charge in [-0.3, -0.25) is 4.90 Å². The fourth-order valence-corrected chi connectivity index (χ4v) is 4.14. The third-order valence-electron chi connectivity index (χ3n) is 5.30. The van der Waals surface area contributed by atoms with Crippen molar-refractivity contribution in [2.24, 2.45) is 7.05 Å². The van der Waals surface area contributed by atoms with E-state index in [1.807, 2.05) is 11.7 Å². The molecule has 0 radical (unpaired) electrons. The molecule has 0 unspecified atom stereocenters. The van der Waals surface area contributed by atoms with Crippen LogP contribution in [0.3, 0.4) is 0 Å². The first kappa shape index (κ1) is 14.9. The zero-order valence-corrected chi connectivity index (χ0v) is 13.6. The van der Waals surface area contributed by atoms with Gasteiger partial charge in [-0.05, 0) is 19.8 Å². The number of hydrogen-bond donors (Lipinski definition) is 1. The maximum Gasteiger partial charge on any atom is 0.216 e. The van der Waals surface area contributed by atoms with Crippen LogP contribution in [0.25, 0.3) is 0 Å². The minimum absolute atomic E-state index is 0.351. The van der Waals surface area contributed by atoms with E-state index in [1.54, 1.807) is 7.11 Å². The number of aryl methyl sites for hydroxylation is 2. The Bertz CT molecular complexity index is 482. The lowest BCUT2D eigenvalue weighted by molar-refractivity contribution is 0.0202. The van der Waals surface area contributed by atoms with Gasteiger partial charge in [0.2, 0.25) is 5.88 Å². The van der Waals surface area contributed by atoms with E-state index in [4.69, 9.17) is 4.74 Å². The van der Waals surface area contributed by atoms with Gasteiger partial charge in [-0.2, -0.15) is 5.10 Å². The zero-order chi connectivity index (χ0) is 14.9. The van der Waals surface area contributed by atoms with Crippen LogP contribution in [0, 0.1) is 6.92 Å². The Labute approximate surface area is 127 Å². The first-order chi connectivity index (χ1) is 10.2. The molecule has 1 aromatic rings. The zero-order valence-electron chi connectivity index (χ0n) is 13.6. The summed E-state index contributed by atoms with van der Waals surface area (Å²) in [6, 6.07) is 0. The predicted octanol–water partition coefficient (Wildman–Crippen LogP) is 1.85. The van der Waals surface area contributed by atoms with Crippen LogP contribution in [0.1, 0.15) is 43.4 Å². The standard InChI is InChI=1S/C16H28N4O/c1-13-14(15(21-3)19(2)18-13)11-20-10-9-17-12-16(20)7-5-4-6-8-16/h17H,4-12H2,1-3H3. The maximum absolute atomic E-state index is 5.57. The van der Waals surface area contributed by atoms with Gasteiger partial charge < -0.3 is 10.1 Å². The number of methoxy groups -OCH3 is 1. The molecule has 0 atom stereocenters. The molecule has 1 N–H and O–H groups in total. The van der Waals surface area contributed by atoms with Crippen LogP contribution in [0.4, 0.5) is 0 Å². The van der Waals surface area contributed by atoms with Gasteiger partial charge in [-0.1, -0.05) is 19.3 Å². The highest BCUT2D eigenvalue weighted by Gasteiger charge is 2.40. The van der Waals surface area contributed by atoms with Crippen LogP contribution < -0.4 is 10.1 Å². The maximum atomic E-state index is 5.57. The van der Waals surface area contributed by atoms with E-state index in [9.17, 15) is 0 Å². The fourth-order valence-electron chi connectivity index (χ4n) is 4.14. The second-order valence-electron chi connectivity index (χ2n) is 6.58. The van der Waals surface area contributed by atoms with Gasteiger partial charge in [0, 0.05) is 38.8 Å². The highest BCUT2D eigenvalue weighted by atomic mass is 16.5. The average molecular weight is 292 g/mol. The normalized spacial score (nSPS) is 22.6. The molecule has 1 aliphatic carbocycles. The summed E-state index contributed by atoms with van der Waals surface area (Å²) in [5.74, 6) is 0.914. The van der Waals surface area contributed by atoms with Gasteiger partial charge in [0.15, 0.2) is 0 Å². The molecule has 1 saturated heterocycles. The first-order valence-electron chi connectivity index (χ1n) is 8.18. The fraction of sp³-hybridized carbons (Fsp3) is 0.812. The molecule has 118 valence electrons. The van der Waals surface area contributed by atoms with Gasteiger partial charge in [0.25, 0.3) is 0 Å². The Morgan fingerprint density at radius 2 is 2.05 bits per heavy atom. The van der Waals surface area contributed by atoms with Crippen molar-refractivity contribution in [2.45, 2.75) is 51.1 Å². The quantitative estimate of drug-likeness (QED) is 0.923. The topological polar surface area (TPSA) is 42.3 Å². The van der Waals surface area contributed by atoms with Crippen molar-refractivity contribution in [3.63, 3.8) is 0 Å². The minimum Gasteiger partial charge on any atom is -0.481 e. The van der Waals surface area contributed by atoms with E-state index < -0.39 is 0 Å². The third-order valence-corrected chi connectivity index (χ3v) is 5.30. The number of rotatable bonds is 3. The molecule has 2 fully saturated rings. The van der Waals surface area contributed by atoms with E-state index in [2.05, 4.69) is 22.2 Å². The van der Waals surface area contributed by atoms with Crippen LogP contribution in [0.5, 0.6) is 5.88 Å². The molecule has 3 rings (SSSR count). The van der Waals surface area contributed by atoms with E-state index in [1.165, 1.54) is 37.7 Å². The Kier molecular flexibility index (Phi) is 4.22. The minimum atomic E-state index is 0.351. The second-order valence-corrected chi connectivity index (χ2v) is 6.58. The van der Waals surface area contributed by atoms with E-state index in [-0.39, 0.29) is 0 Å². The summed E-state index contributed by atoms with van der Waals surface area (Å²) in [6.45, 7) is 6.40. The molecule has 0 amide bonds. The van der Waals surface area contributed by atoms with Crippen molar-refractivity contribution < 1.29 is 4.74 Å². The lowest BCUT2D eigenvalue weighted by atomic mass is 9.79. The van der Waals surface area contributed by atoms with Gasteiger partial charge in [0.1, 0.15) is 0 Å². The van der Waals surface area contributed by atoms with Crippen molar-refractivity contribution >= 4 is 0 Å². The highest BCUT2D eigenvalue weighted by Crippen LogP contribution is 2.36. The molecule has 0 bridgehead atoms. The van der Waals surface area contributed by atoms with Crippen LogP contribution in [-0.4, -0.2) is 47.0 Å². The molecule has 1 aromatic heterocycles. The molecular formula is C16H28N4O. The monoisotopic (exact) mass is 292 g/mol. The van der Waals surface area contributed by atoms with Crippen molar-refractivity contribution in [3.05, 3.63) is 11.3 Å². The van der Waals surface area contributed by atoms with Crippen LogP contribution >= 0.6 is 0 Å². The van der Waals surface area contributed by atoms with Crippen LogP contribution in [-0.2, 0) is 13.6 Å². The number of piperazine rings is 1. The van der Waals surface area contributed by atoms with Crippen molar-refractivity contribution in [1.29, 1.82) is 0 Å². The van der Waals surface area contributed by atoms with E-state index >= 15 is 0 Å². The van der Waals surface area contributed by atoms with Crippen LogP contribution in [0.2, 0.25) is 0 Å². The molecule has 1 spiro atoms. The van der Waals surface area contributed by atoms with E-state index in [0.29, 0.717) is 5.54 Å². The molecule has 21 heavy (non-hydrogen) atoms. The van der Waals surface area contributed by atoms with Crippen molar-refractivity contribution in [1.82, 2.24) is 20.0 Å². The number of nitrogens with one attached hydrogen (secondary N) is 1. The average Bonchev–Trinajstić information content (AvgIpc) is 2.76. The van der Waals surface area contributed by atoms with Gasteiger partial charge >= 0.3 is 0 Å². The molecule has 1 aliphatic heterocycles. The smallest absolute Gasteiger partial charge is 0.216 e. The number of aromatic nitrogens is 2. The number of nitrogens with zero attached hydrogens (tertiary/aromatic N) is 3. The largest absolute Gasteiger partial charge is 0.481 e. The summed E-state index contributed by atoms with van der Waals surface area (Å²) >= 11 is 0. The Hall–Kier alpha value is -1.07. The van der Waals surface area contributed by atoms with Gasteiger partial charge in [0.05, 0.1) is 18.4 Å². The Morgan fingerprint density at radius 3 is 2.76 bits per heavy atom. The summed E-state index contributed by atoms with van der Waals surface area (Å²) in [5.41, 5.74) is 2.70. The Balaban J connectivity index is 1.85. The van der Waals surface area contributed by atoms with Crippen molar-refractivity contribution in [2.75, 3.05) is 26.7 Å². The van der Waals surface area contributed by atoms with Crippen LogP contribution in [0.15, 0.2) is 0 Å². The van der Waals surface area contributed by atoms with Gasteiger partial charge in [-0.25, -0.2) is 4.68 Å². The van der Waals surface area contributed by atoms with E-state index in [0.717, 1.165) is 37.8 Å². The predicted molar refractivity (Wildman–Crippen MR) is 83.6 cm³/mol. The Morgan fingerprint density at radius 1 is 1.29 bits per heavy atom. The SMILES string of the molecule is COc1c(CN2CCNCC23CCCCC3)c(C)nn1C. The molecule has 0 aromatic carbocycles. The summed E-state index contributed by atoms with van der Waals surface area (Å²) < 4.78 is 7.43. The molecule has 5 heteroatoms. The molecule has 1 saturated carbocycles. The molecule has 2 aliphatic rings. The highest BCUT2D eigenvalue weighted by molar-refractivity contribution is 5.31. The lowest BCUT2D eigenvalue weighted by Gasteiger charge is -2.50. The number of hydrogen-bond acceptors (Lipinski definition) is 4. The molecular weight excluding hydrogens is 264 g/mol. The van der Waals surface area contributed by atoms with Crippen molar-refractivity contribution in [3.8, 4) is 5.88 Å². The summed E-state index contributed by atoms with van der Waals surface area (Å²) in [6.07, 6.45) is 6.76. The summed E-state index contributed by atoms with van der Waals surface area (Å²) in [4.78, 5) is 2.69. The van der Waals surface area contributed by atoms with Gasteiger partial charge in [-0.15, -0.1) is 0 Å². The summed E-state index contributed by atoms with van der Waals surface area (Å²) in [7, 11) is 3.71. The number of ether oxygens (including phenoxy) is 1.